The summed E-state index contributed by atoms with van der Waals surface area (Å²) in [5.74, 6) is 0.349. The van der Waals surface area contributed by atoms with Gasteiger partial charge in [0, 0.05) is 35.6 Å². The average Bonchev–Trinajstić information content (AvgIpc) is 3.34. The predicted molar refractivity (Wildman–Crippen MR) is 96.5 cm³/mol. The average molecular weight is 409 g/mol. The highest BCUT2D eigenvalue weighted by Crippen LogP contribution is 2.33. The Balaban J connectivity index is 1.35. The zero-order valence-corrected chi connectivity index (χ0v) is 15.3. The Hall–Kier alpha value is -2.09. The quantitative estimate of drug-likeness (QED) is 0.667. The third-order valence-electron chi connectivity index (χ3n) is 4.42. The van der Waals surface area contributed by atoms with Crippen molar-refractivity contribution >= 4 is 39.5 Å². The van der Waals surface area contributed by atoms with Crippen molar-refractivity contribution in [3.05, 3.63) is 28.7 Å². The fraction of sp³-hybridized carbons (Fsp3) is 0.471. The second-order valence-corrected chi connectivity index (χ2v) is 7.47. The number of carbonyl (C=O) groups excluding carboxylic acids is 3. The normalized spacial score (nSPS) is 19.4. The fourth-order valence-electron chi connectivity index (χ4n) is 2.92. The molecule has 1 heterocycles. The maximum Gasteiger partial charge on any atom is 0.337 e. The number of urea groups is 1. The van der Waals surface area contributed by atoms with Crippen molar-refractivity contribution in [1.82, 2.24) is 15.8 Å². The predicted octanol–water partition coefficient (Wildman–Crippen LogP) is 2.25. The molecule has 0 unspecified atom stereocenters. The molecule has 4 amide bonds. The van der Waals surface area contributed by atoms with Crippen LogP contribution in [0.1, 0.15) is 25.7 Å². The lowest BCUT2D eigenvalue weighted by Gasteiger charge is -2.16. The van der Waals surface area contributed by atoms with E-state index in [9.17, 15) is 14.4 Å². The molecule has 0 spiro atoms. The van der Waals surface area contributed by atoms with Crippen LogP contribution in [-0.4, -0.2) is 35.8 Å². The maximum absolute atomic E-state index is 12.0. The monoisotopic (exact) mass is 408 g/mol. The summed E-state index contributed by atoms with van der Waals surface area (Å²) >= 11 is 3.32. The Morgan fingerprint density at radius 1 is 1.08 bits per heavy atom. The van der Waals surface area contributed by atoms with Gasteiger partial charge in [0.15, 0.2) is 0 Å². The van der Waals surface area contributed by atoms with E-state index in [1.165, 1.54) is 0 Å². The minimum Gasteiger partial charge on any atom is -0.342 e. The van der Waals surface area contributed by atoms with Crippen LogP contribution in [0.3, 0.4) is 0 Å². The number of hydrogen-bond acceptors (Lipinski definition) is 3. The molecule has 1 saturated carbocycles. The highest BCUT2D eigenvalue weighted by atomic mass is 79.9. The first-order valence-corrected chi connectivity index (χ1v) is 9.21. The van der Waals surface area contributed by atoms with Gasteiger partial charge >= 0.3 is 6.03 Å². The zero-order chi connectivity index (χ0) is 17.8. The third-order valence-corrected chi connectivity index (χ3v) is 4.94. The minimum absolute atomic E-state index is 0.152. The lowest BCUT2D eigenvalue weighted by molar-refractivity contribution is -0.132. The Labute approximate surface area is 154 Å². The van der Waals surface area contributed by atoms with E-state index in [0.717, 1.165) is 30.3 Å². The Bertz CT molecular complexity index is 660. The molecule has 8 heteroatoms. The summed E-state index contributed by atoms with van der Waals surface area (Å²) in [5.41, 5.74) is 5.37. The molecule has 1 aromatic carbocycles. The molecule has 2 aliphatic rings. The van der Waals surface area contributed by atoms with Gasteiger partial charge in [-0.3, -0.25) is 15.0 Å². The molecule has 134 valence electrons. The Morgan fingerprint density at radius 2 is 1.80 bits per heavy atom. The highest BCUT2D eigenvalue weighted by Gasteiger charge is 2.36. The standard InChI is InChI=1S/C17H21BrN4O3/c18-13-3-5-14(6-4-13)19-17(25)21-20-15(23)9-11-7-8-22(10-11)16(24)12-1-2-12/h3-6,11-12H,1-2,7-10H2,(H,20,23)(H2,19,21,25)/t11-/m1/s1. The van der Waals surface area contributed by atoms with Gasteiger partial charge in [-0.2, -0.15) is 0 Å². The molecule has 1 aromatic rings. The van der Waals surface area contributed by atoms with Crippen LogP contribution in [0.25, 0.3) is 0 Å². The number of amides is 4. The van der Waals surface area contributed by atoms with Gasteiger partial charge < -0.3 is 10.2 Å². The SMILES string of the molecule is O=C(C[C@H]1CCN(C(=O)C2CC2)C1)NNC(=O)Nc1ccc(Br)cc1. The number of benzene rings is 1. The topological polar surface area (TPSA) is 90.5 Å². The zero-order valence-electron chi connectivity index (χ0n) is 13.8. The third kappa shape index (κ3) is 5.19. The van der Waals surface area contributed by atoms with E-state index in [0.29, 0.717) is 18.7 Å². The van der Waals surface area contributed by atoms with Crippen LogP contribution in [0.15, 0.2) is 28.7 Å². The molecular formula is C17H21BrN4O3. The van der Waals surface area contributed by atoms with Gasteiger partial charge in [0.2, 0.25) is 11.8 Å². The summed E-state index contributed by atoms with van der Waals surface area (Å²) in [6, 6.07) is 6.60. The maximum atomic E-state index is 12.0. The molecule has 0 radical (unpaired) electrons. The van der Waals surface area contributed by atoms with Gasteiger partial charge in [0.05, 0.1) is 0 Å². The van der Waals surface area contributed by atoms with Gasteiger partial charge in [0.25, 0.3) is 0 Å². The van der Waals surface area contributed by atoms with E-state index in [4.69, 9.17) is 0 Å². The smallest absolute Gasteiger partial charge is 0.337 e. The largest absolute Gasteiger partial charge is 0.342 e. The van der Waals surface area contributed by atoms with Crippen LogP contribution in [0, 0.1) is 11.8 Å². The van der Waals surface area contributed by atoms with Crippen LogP contribution in [-0.2, 0) is 9.59 Å². The van der Waals surface area contributed by atoms with Crippen LogP contribution >= 0.6 is 15.9 Å². The fourth-order valence-corrected chi connectivity index (χ4v) is 3.19. The molecule has 7 nitrogen and oxygen atoms in total. The molecule has 0 bridgehead atoms. The van der Waals surface area contributed by atoms with Gasteiger partial charge in [-0.15, -0.1) is 0 Å². The van der Waals surface area contributed by atoms with Gasteiger partial charge in [-0.05, 0) is 49.4 Å². The molecule has 1 atom stereocenters. The van der Waals surface area contributed by atoms with Crippen LogP contribution < -0.4 is 16.2 Å². The van der Waals surface area contributed by atoms with Gasteiger partial charge in [0.1, 0.15) is 0 Å². The number of halogens is 1. The van der Waals surface area contributed by atoms with Crippen LogP contribution in [0.4, 0.5) is 10.5 Å². The first-order valence-electron chi connectivity index (χ1n) is 8.41. The summed E-state index contributed by atoms with van der Waals surface area (Å²) in [6.45, 7) is 1.36. The van der Waals surface area contributed by atoms with E-state index < -0.39 is 6.03 Å². The molecule has 2 fully saturated rings. The van der Waals surface area contributed by atoms with Crippen LogP contribution in [0.2, 0.25) is 0 Å². The summed E-state index contributed by atoms with van der Waals surface area (Å²) < 4.78 is 0.914. The number of nitrogens with one attached hydrogen (secondary N) is 3. The van der Waals surface area contributed by atoms with Crippen molar-refractivity contribution in [2.45, 2.75) is 25.7 Å². The second-order valence-electron chi connectivity index (χ2n) is 6.55. The minimum atomic E-state index is -0.507. The molecule has 25 heavy (non-hydrogen) atoms. The first-order chi connectivity index (χ1) is 12.0. The number of anilines is 1. The van der Waals surface area contributed by atoms with Crippen molar-refractivity contribution in [3.8, 4) is 0 Å². The Kier molecular flexibility index (Phi) is 5.57. The molecule has 0 aromatic heterocycles. The van der Waals surface area contributed by atoms with Crippen molar-refractivity contribution in [1.29, 1.82) is 0 Å². The van der Waals surface area contributed by atoms with Crippen molar-refractivity contribution in [2.24, 2.45) is 11.8 Å². The molecule has 1 aliphatic heterocycles. The van der Waals surface area contributed by atoms with Crippen LogP contribution in [0.5, 0.6) is 0 Å². The lowest BCUT2D eigenvalue weighted by atomic mass is 10.1. The summed E-state index contributed by atoms with van der Waals surface area (Å²) in [6.07, 6.45) is 3.12. The summed E-state index contributed by atoms with van der Waals surface area (Å²) in [5, 5.41) is 2.62. The van der Waals surface area contributed by atoms with Gasteiger partial charge in [-0.1, -0.05) is 15.9 Å². The van der Waals surface area contributed by atoms with Crippen molar-refractivity contribution < 1.29 is 14.4 Å². The van der Waals surface area contributed by atoms with Crippen molar-refractivity contribution in [3.63, 3.8) is 0 Å². The molecule has 3 N–H and O–H groups in total. The Morgan fingerprint density at radius 3 is 2.48 bits per heavy atom. The van der Waals surface area contributed by atoms with Gasteiger partial charge in [-0.25, -0.2) is 10.2 Å². The summed E-state index contributed by atoms with van der Waals surface area (Å²) in [7, 11) is 0. The van der Waals surface area contributed by atoms with E-state index in [2.05, 4.69) is 32.1 Å². The molecule has 3 rings (SSSR count). The number of hydrogen-bond donors (Lipinski definition) is 3. The first kappa shape index (κ1) is 17.7. The van der Waals surface area contributed by atoms with Crippen molar-refractivity contribution in [2.75, 3.05) is 18.4 Å². The molecule has 1 saturated heterocycles. The van der Waals surface area contributed by atoms with E-state index in [-0.39, 0.29) is 23.7 Å². The lowest BCUT2D eigenvalue weighted by Crippen LogP contribution is -2.44. The number of carbonyl (C=O) groups is 3. The highest BCUT2D eigenvalue weighted by molar-refractivity contribution is 9.10. The molecule has 1 aliphatic carbocycles. The number of nitrogens with zero attached hydrogens (tertiary/aromatic N) is 1. The number of hydrazine groups is 1. The number of likely N-dealkylation sites (tertiary alicyclic amines) is 1. The van der Waals surface area contributed by atoms with E-state index in [1.807, 2.05) is 17.0 Å². The van der Waals surface area contributed by atoms with E-state index >= 15 is 0 Å². The molecular weight excluding hydrogens is 388 g/mol. The second kappa shape index (κ2) is 7.86. The van der Waals surface area contributed by atoms with E-state index in [1.54, 1.807) is 12.1 Å². The number of rotatable bonds is 4. The summed E-state index contributed by atoms with van der Waals surface area (Å²) in [4.78, 5) is 37.6.